The fourth-order valence-electron chi connectivity index (χ4n) is 8.03. The van der Waals surface area contributed by atoms with Crippen LogP contribution in [0.2, 0.25) is 0 Å². The van der Waals surface area contributed by atoms with E-state index in [2.05, 4.69) is 55.6 Å². The second kappa shape index (κ2) is 11.6. The van der Waals surface area contributed by atoms with Crippen LogP contribution in [0, 0.1) is 5.92 Å². The van der Waals surface area contributed by atoms with E-state index in [4.69, 9.17) is 46.7 Å². The maximum absolute atomic E-state index is 6.80. The summed E-state index contributed by atoms with van der Waals surface area (Å²) in [6.45, 7) is 0. The Morgan fingerprint density at radius 3 is 2.50 bits per heavy atom. The van der Waals surface area contributed by atoms with E-state index in [1.165, 1.54) is 5.56 Å². The zero-order valence-corrected chi connectivity index (χ0v) is 30.0. The molecule has 0 bridgehead atoms. The number of ether oxygens (including phenoxy) is 2. The lowest BCUT2D eigenvalue weighted by Gasteiger charge is -2.10. The van der Waals surface area contributed by atoms with Gasteiger partial charge in [0, 0.05) is 36.5 Å². The molecule has 4 atom stereocenters. The van der Waals surface area contributed by atoms with Gasteiger partial charge >= 0.3 is 0 Å². The second-order valence-corrected chi connectivity index (χ2v) is 14.1. The van der Waals surface area contributed by atoms with Gasteiger partial charge in [-0.25, -0.2) is 24.5 Å². The van der Waals surface area contributed by atoms with Crippen LogP contribution in [-0.4, -0.2) is 64.0 Å². The van der Waals surface area contributed by atoms with Gasteiger partial charge in [0.2, 0.25) is 11.9 Å². The molecule has 16 nitrogen and oxygen atoms in total. The van der Waals surface area contributed by atoms with Crippen molar-refractivity contribution >= 4 is 62.0 Å². The van der Waals surface area contributed by atoms with Gasteiger partial charge in [-0.2, -0.15) is 19.2 Å². The number of methoxy groups -OCH3 is 2. The minimum Gasteiger partial charge on any atom is -0.494 e. The summed E-state index contributed by atoms with van der Waals surface area (Å²) in [6.07, 6.45) is 5.71. The molecule has 54 heavy (non-hydrogen) atoms. The number of aromatic nitrogens is 10. The van der Waals surface area contributed by atoms with Crippen molar-refractivity contribution < 1.29 is 14.0 Å². The molecule has 270 valence electrons. The number of hydrogen-bond donors (Lipinski definition) is 3. The lowest BCUT2D eigenvalue weighted by molar-refractivity contribution is -0.653. The van der Waals surface area contributed by atoms with E-state index in [1.54, 1.807) is 18.7 Å². The van der Waals surface area contributed by atoms with Gasteiger partial charge in [-0.05, 0) is 54.7 Å². The minimum absolute atomic E-state index is 0.0445. The first-order valence-corrected chi connectivity index (χ1v) is 17.7. The highest BCUT2D eigenvalue weighted by Gasteiger charge is 2.50. The number of nitrogen functional groups attached to an aromatic ring is 2. The van der Waals surface area contributed by atoms with Crippen LogP contribution in [-0.2, 0) is 14.1 Å². The number of imidazole rings is 1. The van der Waals surface area contributed by atoms with Crippen LogP contribution in [0.3, 0.4) is 0 Å². The van der Waals surface area contributed by atoms with Gasteiger partial charge < -0.3 is 26.7 Å². The van der Waals surface area contributed by atoms with Crippen LogP contribution in [0.4, 0.5) is 17.7 Å². The Morgan fingerprint density at radius 2 is 1.70 bits per heavy atom. The molecule has 3 aromatic carbocycles. The molecule has 0 spiro atoms. The smallest absolute Gasteiger partial charge is 0.266 e. The van der Waals surface area contributed by atoms with Crippen molar-refractivity contribution in [3.63, 3.8) is 0 Å². The molecule has 4 unspecified atom stereocenters. The molecule has 0 amide bonds. The lowest BCUT2D eigenvalue weighted by Crippen LogP contribution is -2.33. The molecule has 2 saturated carbocycles. The summed E-state index contributed by atoms with van der Waals surface area (Å²) in [5.41, 5.74) is 25.4. The van der Waals surface area contributed by atoms with Crippen molar-refractivity contribution in [3.05, 3.63) is 84.2 Å². The largest absolute Gasteiger partial charge is 0.494 e. The summed E-state index contributed by atoms with van der Waals surface area (Å²) in [6, 6.07) is 18.0. The quantitative estimate of drug-likeness (QED) is 0.116. The van der Waals surface area contributed by atoms with E-state index < -0.39 is 0 Å². The Kier molecular flexibility index (Phi) is 6.83. The maximum Gasteiger partial charge on any atom is 0.266 e. The predicted octanol–water partition coefficient (Wildman–Crippen LogP) is 3.97. The third-order valence-electron chi connectivity index (χ3n) is 10.8. The molecule has 8 aromatic rings. The number of hydrogen-bond acceptors (Lipinski definition) is 11. The number of aliphatic imine (C=N–C) groups is 1. The molecule has 5 aromatic heterocycles. The molecule has 2 aliphatic carbocycles. The molecule has 5 heterocycles. The number of nitrogens with zero attached hydrogens (tertiary/aromatic N) is 11. The van der Waals surface area contributed by atoms with E-state index in [0.29, 0.717) is 51.1 Å². The van der Waals surface area contributed by atoms with E-state index in [-0.39, 0.29) is 29.7 Å². The highest BCUT2D eigenvalue weighted by atomic mass is 16.5. The number of benzene rings is 3. The van der Waals surface area contributed by atoms with Crippen LogP contribution >= 0.6 is 0 Å². The third kappa shape index (κ3) is 4.82. The van der Waals surface area contributed by atoms with Crippen LogP contribution in [0.5, 0.6) is 11.5 Å². The van der Waals surface area contributed by atoms with Gasteiger partial charge in [0.15, 0.2) is 28.3 Å². The predicted molar refractivity (Wildman–Crippen MR) is 203 cm³/mol. The SMILES string of the molecule is COc1cccc2c(N=C(N)C3CC3c3n(-c4cc(OC)c5nc(N)n6nc(C7CC7c7cnn(C)c7)nc6c5c4)c4ccccc4[n+]3C)nc(N)nc12. The number of aryl methyl sites for hydroxylation is 2. The summed E-state index contributed by atoms with van der Waals surface area (Å²) in [5, 5.41) is 10.7. The zero-order chi connectivity index (χ0) is 37.0. The van der Waals surface area contributed by atoms with Crippen molar-refractivity contribution in [2.45, 2.75) is 30.6 Å². The van der Waals surface area contributed by atoms with Crippen LogP contribution in [0.25, 0.3) is 44.2 Å². The van der Waals surface area contributed by atoms with Crippen molar-refractivity contribution in [3.8, 4) is 17.2 Å². The first kappa shape index (κ1) is 31.9. The number of fused-ring (bicyclic) bond motifs is 5. The molecule has 0 radical (unpaired) electrons. The first-order valence-electron chi connectivity index (χ1n) is 17.7. The fourth-order valence-corrected chi connectivity index (χ4v) is 8.03. The number of anilines is 2. The van der Waals surface area contributed by atoms with E-state index >= 15 is 0 Å². The Hall–Kier alpha value is -6.84. The monoisotopic (exact) mass is 721 g/mol. The van der Waals surface area contributed by atoms with Crippen LogP contribution < -0.4 is 31.2 Å². The highest BCUT2D eigenvalue weighted by Crippen LogP contribution is 2.54. The zero-order valence-electron chi connectivity index (χ0n) is 30.0. The molecular formula is C38H37N14O2+. The summed E-state index contributed by atoms with van der Waals surface area (Å²) in [7, 11) is 7.24. The molecule has 0 saturated heterocycles. The lowest BCUT2D eigenvalue weighted by atomic mass is 10.1. The van der Waals surface area contributed by atoms with E-state index in [0.717, 1.165) is 46.6 Å². The normalized spacial score (nSPS) is 19.7. The average Bonchev–Trinajstić information content (AvgIpc) is 4.02. The van der Waals surface area contributed by atoms with Crippen molar-refractivity contribution in [2.24, 2.45) is 30.7 Å². The number of para-hydroxylation sites is 3. The summed E-state index contributed by atoms with van der Waals surface area (Å²) in [5.74, 6) is 4.66. The van der Waals surface area contributed by atoms with Gasteiger partial charge in [0.1, 0.15) is 34.1 Å². The molecule has 16 heteroatoms. The van der Waals surface area contributed by atoms with Gasteiger partial charge in [-0.15, -0.1) is 5.10 Å². The average molecular weight is 722 g/mol. The molecule has 6 N–H and O–H groups in total. The summed E-state index contributed by atoms with van der Waals surface area (Å²) >= 11 is 0. The van der Waals surface area contributed by atoms with E-state index in [1.807, 2.05) is 54.3 Å². The van der Waals surface area contributed by atoms with Crippen LogP contribution in [0.1, 0.15) is 47.8 Å². The third-order valence-corrected chi connectivity index (χ3v) is 10.8. The maximum atomic E-state index is 6.80. The molecule has 2 fully saturated rings. The molecular weight excluding hydrogens is 685 g/mol. The van der Waals surface area contributed by atoms with E-state index in [9.17, 15) is 0 Å². The number of amidine groups is 1. The highest BCUT2D eigenvalue weighted by molar-refractivity contribution is 5.99. The Labute approximate surface area is 307 Å². The molecule has 2 aliphatic rings. The minimum atomic E-state index is -0.0445. The Bertz CT molecular complexity index is 2870. The van der Waals surface area contributed by atoms with Gasteiger partial charge in [0.25, 0.3) is 5.82 Å². The van der Waals surface area contributed by atoms with Crippen molar-refractivity contribution in [2.75, 3.05) is 25.7 Å². The summed E-state index contributed by atoms with van der Waals surface area (Å²) in [4.78, 5) is 23.5. The standard InChI is InChI=1S/C38H37N14O2/c1-49-17-18(16-42-49)21-14-23(21)34-46-35-25-12-19(13-29(54-4)31(25)44-38(41)52(35)48-34)51-27-10-6-5-9-26(27)50(2)36(51)24-15-22(24)32(39)45-33-20-8-7-11-28(53-3)30(20)43-37(40)47-33/h5-13,16-17,21-24H,14-15H2,1-4H3,(H2,41,44)(H4,39,40,43,45,47)/q+1. The van der Waals surface area contributed by atoms with Gasteiger partial charge in [0.05, 0.1) is 38.8 Å². The Balaban J connectivity index is 1.09. The Morgan fingerprint density at radius 1 is 0.889 bits per heavy atom. The summed E-state index contributed by atoms with van der Waals surface area (Å²) < 4.78 is 19.5. The first-order chi connectivity index (χ1) is 26.2. The molecule has 10 rings (SSSR count). The topological polar surface area (TPSA) is 204 Å². The van der Waals surface area contributed by atoms with Crippen LogP contribution in [0.15, 0.2) is 72.0 Å². The van der Waals surface area contributed by atoms with Crippen molar-refractivity contribution in [1.82, 2.24) is 43.9 Å². The fraction of sp³-hybridized carbons (Fsp3) is 0.263. The number of nitrogens with two attached hydrogens (primary N) is 3. The van der Waals surface area contributed by atoms with Gasteiger partial charge in [-0.1, -0.05) is 18.2 Å². The molecule has 0 aliphatic heterocycles. The number of rotatable bonds is 8. The second-order valence-electron chi connectivity index (χ2n) is 14.1. The van der Waals surface area contributed by atoms with Crippen molar-refractivity contribution in [1.29, 1.82) is 0 Å². The van der Waals surface area contributed by atoms with Gasteiger partial charge in [-0.3, -0.25) is 4.68 Å².